The van der Waals surface area contributed by atoms with Crippen molar-refractivity contribution >= 4 is 39.3 Å². The average Bonchev–Trinajstić information content (AvgIpc) is 2.96. The molecule has 10 heteroatoms. The number of sulfonamides is 1. The Balaban J connectivity index is 1.78. The fourth-order valence-electron chi connectivity index (χ4n) is 3.37. The van der Waals surface area contributed by atoms with Crippen LogP contribution < -0.4 is 5.32 Å². The zero-order valence-electron chi connectivity index (χ0n) is 17.0. The molecule has 0 radical (unpaired) electrons. The molecule has 0 fully saturated rings. The van der Waals surface area contributed by atoms with Crippen molar-refractivity contribution in [2.45, 2.75) is 30.8 Å². The van der Waals surface area contributed by atoms with Gasteiger partial charge >= 0.3 is 0 Å². The van der Waals surface area contributed by atoms with E-state index in [1.807, 2.05) is 0 Å². The Labute approximate surface area is 185 Å². The standard InChI is InChI=1S/C21H22ClN3O5S/c1-14(20(27)23-2)24(13-15-7-9-16(22)10-8-15)19(26)11-12-25-21(28)17-5-3-4-6-18(17)31(25,29)30/h3-10,14H,11-13H2,1-2H3,(H,23,27)/t14-/m0/s1. The van der Waals surface area contributed by atoms with Crippen LogP contribution >= 0.6 is 11.6 Å². The van der Waals surface area contributed by atoms with Crippen LogP contribution in [0, 0.1) is 0 Å². The number of rotatable bonds is 7. The van der Waals surface area contributed by atoms with E-state index in [9.17, 15) is 22.8 Å². The van der Waals surface area contributed by atoms with Gasteiger partial charge in [-0.05, 0) is 36.8 Å². The number of nitrogens with one attached hydrogen (secondary N) is 1. The molecule has 0 spiro atoms. The van der Waals surface area contributed by atoms with E-state index >= 15 is 0 Å². The molecule has 2 aromatic carbocycles. The number of carbonyl (C=O) groups is 3. The van der Waals surface area contributed by atoms with Crippen LogP contribution in [0.1, 0.15) is 29.3 Å². The third kappa shape index (κ3) is 4.57. The lowest BCUT2D eigenvalue weighted by Gasteiger charge is -2.29. The minimum atomic E-state index is -4.00. The summed E-state index contributed by atoms with van der Waals surface area (Å²) in [5, 5.41) is 3.05. The highest BCUT2D eigenvalue weighted by Gasteiger charge is 2.41. The molecule has 1 aliphatic rings. The summed E-state index contributed by atoms with van der Waals surface area (Å²) in [5.74, 6) is -1.48. The van der Waals surface area contributed by atoms with Gasteiger partial charge in [-0.3, -0.25) is 14.4 Å². The first-order chi connectivity index (χ1) is 14.7. The lowest BCUT2D eigenvalue weighted by molar-refractivity contribution is -0.140. The SMILES string of the molecule is CNC(=O)[C@H](C)N(Cc1ccc(Cl)cc1)C(=O)CCN1C(=O)c2ccccc2S1(=O)=O. The molecule has 31 heavy (non-hydrogen) atoms. The van der Waals surface area contributed by atoms with E-state index in [0.29, 0.717) is 9.33 Å². The summed E-state index contributed by atoms with van der Waals surface area (Å²) >= 11 is 5.91. The van der Waals surface area contributed by atoms with Gasteiger partial charge in [0, 0.05) is 31.6 Å². The van der Waals surface area contributed by atoms with E-state index in [1.54, 1.807) is 37.3 Å². The summed E-state index contributed by atoms with van der Waals surface area (Å²) in [4.78, 5) is 39.0. The number of benzene rings is 2. The van der Waals surface area contributed by atoms with Crippen molar-refractivity contribution in [3.63, 3.8) is 0 Å². The number of hydrogen-bond acceptors (Lipinski definition) is 5. The Morgan fingerprint density at radius 2 is 1.77 bits per heavy atom. The van der Waals surface area contributed by atoms with Crippen molar-refractivity contribution in [1.82, 2.24) is 14.5 Å². The molecule has 1 heterocycles. The monoisotopic (exact) mass is 463 g/mol. The zero-order chi connectivity index (χ0) is 22.8. The molecule has 1 aliphatic heterocycles. The second-order valence-electron chi connectivity index (χ2n) is 7.07. The fourth-order valence-corrected chi connectivity index (χ4v) is 5.07. The van der Waals surface area contributed by atoms with Crippen LogP contribution in [-0.2, 0) is 26.2 Å². The van der Waals surface area contributed by atoms with Crippen LogP contribution in [0.5, 0.6) is 0 Å². The molecule has 164 valence electrons. The normalized spacial score (nSPS) is 15.3. The summed E-state index contributed by atoms with van der Waals surface area (Å²) in [6, 6.07) is 12.0. The number of carbonyl (C=O) groups excluding carboxylic acids is 3. The van der Waals surface area contributed by atoms with Crippen LogP contribution in [-0.4, -0.2) is 55.0 Å². The Morgan fingerprint density at radius 3 is 2.39 bits per heavy atom. The van der Waals surface area contributed by atoms with Gasteiger partial charge in [0.1, 0.15) is 10.9 Å². The average molecular weight is 464 g/mol. The first-order valence-corrected chi connectivity index (χ1v) is 11.4. The quantitative estimate of drug-likeness (QED) is 0.676. The van der Waals surface area contributed by atoms with Crippen molar-refractivity contribution in [3.8, 4) is 0 Å². The number of likely N-dealkylation sites (N-methyl/N-ethyl adjacent to an activating group) is 1. The van der Waals surface area contributed by atoms with Crippen LogP contribution in [0.4, 0.5) is 0 Å². The zero-order valence-corrected chi connectivity index (χ0v) is 18.6. The molecule has 0 aromatic heterocycles. The van der Waals surface area contributed by atoms with E-state index in [-0.39, 0.29) is 35.9 Å². The highest BCUT2D eigenvalue weighted by Crippen LogP contribution is 2.30. The second-order valence-corrected chi connectivity index (χ2v) is 9.33. The maximum atomic E-state index is 13.0. The van der Waals surface area contributed by atoms with Crippen molar-refractivity contribution in [1.29, 1.82) is 0 Å². The number of nitrogens with zero attached hydrogens (tertiary/aromatic N) is 2. The first-order valence-electron chi connectivity index (χ1n) is 9.58. The number of amides is 3. The molecule has 0 bridgehead atoms. The third-order valence-corrected chi connectivity index (χ3v) is 7.21. The molecule has 8 nitrogen and oxygen atoms in total. The lowest BCUT2D eigenvalue weighted by atomic mass is 10.1. The maximum Gasteiger partial charge on any atom is 0.269 e. The molecule has 0 aliphatic carbocycles. The van der Waals surface area contributed by atoms with Crippen LogP contribution in [0.15, 0.2) is 53.4 Å². The Morgan fingerprint density at radius 1 is 1.13 bits per heavy atom. The highest BCUT2D eigenvalue weighted by molar-refractivity contribution is 7.90. The van der Waals surface area contributed by atoms with Gasteiger partial charge < -0.3 is 10.2 Å². The fraction of sp³-hybridized carbons (Fsp3) is 0.286. The van der Waals surface area contributed by atoms with Gasteiger partial charge in [-0.25, -0.2) is 12.7 Å². The maximum absolute atomic E-state index is 13.0. The largest absolute Gasteiger partial charge is 0.357 e. The number of halogens is 1. The molecule has 1 atom stereocenters. The predicted octanol–water partition coefficient (Wildman–Crippen LogP) is 2.04. The minimum absolute atomic E-state index is 0.0656. The minimum Gasteiger partial charge on any atom is -0.357 e. The second kappa shape index (κ2) is 9.07. The lowest BCUT2D eigenvalue weighted by Crippen LogP contribution is -2.47. The molecule has 2 aromatic rings. The number of hydrogen-bond donors (Lipinski definition) is 1. The number of fused-ring (bicyclic) bond motifs is 1. The van der Waals surface area contributed by atoms with Gasteiger partial charge in [0.25, 0.3) is 15.9 Å². The predicted molar refractivity (Wildman–Crippen MR) is 115 cm³/mol. The van der Waals surface area contributed by atoms with Gasteiger partial charge in [-0.2, -0.15) is 0 Å². The molecule has 0 saturated carbocycles. The van der Waals surface area contributed by atoms with Gasteiger partial charge in [0.05, 0.1) is 5.56 Å². The van der Waals surface area contributed by atoms with E-state index < -0.39 is 27.9 Å². The molecule has 0 saturated heterocycles. The molecular formula is C21H22ClN3O5S. The van der Waals surface area contributed by atoms with Crippen molar-refractivity contribution in [2.75, 3.05) is 13.6 Å². The smallest absolute Gasteiger partial charge is 0.269 e. The summed E-state index contributed by atoms with van der Waals surface area (Å²) in [6.45, 7) is 1.40. The molecule has 3 amide bonds. The van der Waals surface area contributed by atoms with Gasteiger partial charge in [0.2, 0.25) is 11.8 Å². The Kier molecular flexibility index (Phi) is 6.66. The summed E-state index contributed by atoms with van der Waals surface area (Å²) in [6.07, 6.45) is -0.256. The van der Waals surface area contributed by atoms with Gasteiger partial charge in [0.15, 0.2) is 0 Å². The van der Waals surface area contributed by atoms with Gasteiger partial charge in [-0.1, -0.05) is 35.9 Å². The van der Waals surface area contributed by atoms with Crippen LogP contribution in [0.25, 0.3) is 0 Å². The van der Waals surface area contributed by atoms with E-state index in [2.05, 4.69) is 5.32 Å². The van der Waals surface area contributed by atoms with Crippen molar-refractivity contribution in [3.05, 3.63) is 64.7 Å². The topological polar surface area (TPSA) is 104 Å². The van der Waals surface area contributed by atoms with Crippen LogP contribution in [0.3, 0.4) is 0 Å². The highest BCUT2D eigenvalue weighted by atomic mass is 35.5. The summed E-state index contributed by atoms with van der Waals surface area (Å²) < 4.78 is 26.1. The summed E-state index contributed by atoms with van der Waals surface area (Å²) in [5.41, 5.74) is 0.845. The first kappa shape index (κ1) is 22.8. The Bertz CT molecular complexity index is 1120. The van der Waals surface area contributed by atoms with Gasteiger partial charge in [-0.15, -0.1) is 0 Å². The Hall–Kier alpha value is -2.91. The van der Waals surface area contributed by atoms with E-state index in [0.717, 1.165) is 5.56 Å². The third-order valence-electron chi connectivity index (χ3n) is 5.12. The molecular weight excluding hydrogens is 442 g/mol. The summed E-state index contributed by atoms with van der Waals surface area (Å²) in [7, 11) is -2.53. The molecule has 3 rings (SSSR count). The molecule has 1 N–H and O–H groups in total. The van der Waals surface area contributed by atoms with E-state index in [1.165, 1.54) is 30.1 Å². The van der Waals surface area contributed by atoms with Crippen LogP contribution in [0.2, 0.25) is 5.02 Å². The van der Waals surface area contributed by atoms with Crippen molar-refractivity contribution < 1.29 is 22.8 Å². The van der Waals surface area contributed by atoms with E-state index in [4.69, 9.17) is 11.6 Å². The van der Waals surface area contributed by atoms with Crippen molar-refractivity contribution in [2.24, 2.45) is 0 Å². The molecule has 0 unspecified atom stereocenters.